The molecular weight excluding hydrogens is 450 g/mol. The molecule has 0 radical (unpaired) electrons. The maximum absolute atomic E-state index is 12.4. The minimum Gasteiger partial charge on any atom is -0.376 e. The highest BCUT2D eigenvalue weighted by Crippen LogP contribution is 2.29. The fourth-order valence-corrected chi connectivity index (χ4v) is 4.13. The lowest BCUT2D eigenvalue weighted by Gasteiger charge is -2.20. The van der Waals surface area contributed by atoms with Crippen molar-refractivity contribution >= 4 is 55.0 Å². The van der Waals surface area contributed by atoms with Crippen molar-refractivity contribution in [1.29, 1.82) is 0 Å². The number of carbonyl (C=O) groups excluding carboxylic acids is 1. The van der Waals surface area contributed by atoms with Gasteiger partial charge in [-0.15, -0.1) is 11.8 Å². The van der Waals surface area contributed by atoms with Crippen LogP contribution in [0.1, 0.15) is 0 Å². The number of thioether (sulfide) groups is 1. The van der Waals surface area contributed by atoms with Crippen LogP contribution in [0.25, 0.3) is 0 Å². The van der Waals surface area contributed by atoms with E-state index in [2.05, 4.69) is 21.2 Å². The molecule has 0 aliphatic carbocycles. The van der Waals surface area contributed by atoms with Crippen molar-refractivity contribution in [1.82, 2.24) is 4.31 Å². The fourth-order valence-electron chi connectivity index (χ4n) is 2.24. The van der Waals surface area contributed by atoms with Crippen molar-refractivity contribution in [3.8, 4) is 0 Å². The third kappa shape index (κ3) is 5.71. The monoisotopic (exact) mass is 471 g/mol. The van der Waals surface area contributed by atoms with Gasteiger partial charge in [0.25, 0.3) is 0 Å². The first kappa shape index (κ1) is 21.7. The Morgan fingerprint density at radius 2 is 1.70 bits per heavy atom. The van der Waals surface area contributed by atoms with Crippen LogP contribution in [0, 0.1) is 0 Å². The smallest absolute Gasteiger partial charge is 0.242 e. The molecule has 146 valence electrons. The molecule has 0 aliphatic rings. The maximum atomic E-state index is 12.4. The lowest BCUT2D eigenvalue weighted by molar-refractivity contribution is -0.113. The van der Waals surface area contributed by atoms with Gasteiger partial charge < -0.3 is 10.2 Å². The van der Waals surface area contributed by atoms with Gasteiger partial charge in [-0.05, 0) is 42.5 Å². The van der Waals surface area contributed by atoms with Crippen molar-refractivity contribution in [3.05, 3.63) is 46.9 Å². The van der Waals surface area contributed by atoms with E-state index in [-0.39, 0.29) is 16.6 Å². The summed E-state index contributed by atoms with van der Waals surface area (Å²) >= 11 is 4.79. The third-order valence-corrected chi connectivity index (χ3v) is 7.04. The Hall–Kier alpha value is -1.55. The number of rotatable bonds is 7. The average molecular weight is 472 g/mol. The number of amides is 1. The summed E-state index contributed by atoms with van der Waals surface area (Å²) in [4.78, 5) is 15.3. The molecule has 2 aromatic rings. The number of hydrogen-bond donors (Lipinski definition) is 1. The topological polar surface area (TPSA) is 69.7 Å². The predicted molar refractivity (Wildman–Crippen MR) is 115 cm³/mol. The molecule has 0 saturated heterocycles. The second-order valence-corrected chi connectivity index (χ2v) is 10.3. The average Bonchev–Trinajstić information content (AvgIpc) is 2.60. The lowest BCUT2D eigenvalue weighted by atomic mass is 10.2. The number of benzene rings is 2. The van der Waals surface area contributed by atoms with Gasteiger partial charge in [-0.2, -0.15) is 0 Å². The van der Waals surface area contributed by atoms with Gasteiger partial charge in [0.15, 0.2) is 0 Å². The van der Waals surface area contributed by atoms with Crippen LogP contribution in [-0.2, 0) is 14.8 Å². The SMILES string of the molecule is CN(C)c1ccc(S(=O)(=O)N(C)C)cc1NC(=O)CSc1ccc(Br)cc1. The fraction of sp³-hybridized carbons (Fsp3) is 0.278. The molecule has 2 aromatic carbocycles. The second kappa shape index (κ2) is 9.09. The van der Waals surface area contributed by atoms with Crippen LogP contribution in [0.2, 0.25) is 0 Å². The molecule has 0 aliphatic heterocycles. The minimum absolute atomic E-state index is 0.133. The van der Waals surface area contributed by atoms with E-state index in [4.69, 9.17) is 0 Å². The molecule has 1 N–H and O–H groups in total. The summed E-state index contributed by atoms with van der Waals surface area (Å²) in [5.41, 5.74) is 1.19. The van der Waals surface area contributed by atoms with E-state index in [1.165, 1.54) is 38.0 Å². The molecule has 0 unspecified atom stereocenters. The number of nitrogens with zero attached hydrogens (tertiary/aromatic N) is 2. The normalized spacial score (nSPS) is 11.5. The molecule has 0 atom stereocenters. The van der Waals surface area contributed by atoms with Crippen molar-refractivity contribution in [2.24, 2.45) is 0 Å². The number of halogens is 1. The van der Waals surface area contributed by atoms with E-state index >= 15 is 0 Å². The van der Waals surface area contributed by atoms with Crippen LogP contribution in [0.5, 0.6) is 0 Å². The van der Waals surface area contributed by atoms with Crippen LogP contribution in [0.3, 0.4) is 0 Å². The molecule has 0 heterocycles. The largest absolute Gasteiger partial charge is 0.376 e. The van der Waals surface area contributed by atoms with Crippen LogP contribution >= 0.6 is 27.7 Å². The van der Waals surface area contributed by atoms with Crippen LogP contribution in [0.15, 0.2) is 56.7 Å². The molecule has 2 rings (SSSR count). The highest BCUT2D eigenvalue weighted by molar-refractivity contribution is 9.10. The Kier molecular flexibility index (Phi) is 7.32. The zero-order valence-electron chi connectivity index (χ0n) is 15.6. The summed E-state index contributed by atoms with van der Waals surface area (Å²) < 4.78 is 26.9. The summed E-state index contributed by atoms with van der Waals surface area (Å²) in [6.45, 7) is 0. The van der Waals surface area contributed by atoms with Gasteiger partial charge in [-0.25, -0.2) is 12.7 Å². The van der Waals surface area contributed by atoms with Crippen molar-refractivity contribution in [3.63, 3.8) is 0 Å². The quantitative estimate of drug-likeness (QED) is 0.625. The lowest BCUT2D eigenvalue weighted by Crippen LogP contribution is -2.23. The Morgan fingerprint density at radius 1 is 1.07 bits per heavy atom. The van der Waals surface area contributed by atoms with Gasteiger partial charge in [-0.1, -0.05) is 15.9 Å². The van der Waals surface area contributed by atoms with Gasteiger partial charge in [0.05, 0.1) is 22.0 Å². The Balaban J connectivity index is 2.19. The minimum atomic E-state index is -3.58. The van der Waals surface area contributed by atoms with E-state index in [1.807, 2.05) is 43.3 Å². The number of hydrogen-bond acceptors (Lipinski definition) is 5. The standard InChI is InChI=1S/C18H22BrN3O3S2/c1-21(2)17-10-9-15(27(24,25)22(3)4)11-16(17)20-18(23)12-26-14-7-5-13(19)6-8-14/h5-11H,12H2,1-4H3,(H,20,23). The maximum Gasteiger partial charge on any atom is 0.242 e. The first-order valence-corrected chi connectivity index (χ1v) is 11.3. The van der Waals surface area contributed by atoms with Gasteiger partial charge >= 0.3 is 0 Å². The third-order valence-electron chi connectivity index (χ3n) is 3.69. The van der Waals surface area contributed by atoms with Crippen LogP contribution in [0.4, 0.5) is 11.4 Å². The molecule has 27 heavy (non-hydrogen) atoms. The van der Waals surface area contributed by atoms with Crippen molar-refractivity contribution in [2.75, 3.05) is 44.2 Å². The van der Waals surface area contributed by atoms with Gasteiger partial charge in [-0.3, -0.25) is 4.79 Å². The summed E-state index contributed by atoms with van der Waals surface area (Å²) in [6.07, 6.45) is 0. The highest BCUT2D eigenvalue weighted by atomic mass is 79.9. The summed E-state index contributed by atoms with van der Waals surface area (Å²) in [5, 5.41) is 2.83. The number of nitrogens with one attached hydrogen (secondary N) is 1. The van der Waals surface area contributed by atoms with E-state index in [0.29, 0.717) is 5.69 Å². The van der Waals surface area contributed by atoms with E-state index in [0.717, 1.165) is 19.4 Å². The molecule has 0 saturated carbocycles. The van der Waals surface area contributed by atoms with Crippen LogP contribution < -0.4 is 10.2 Å². The first-order chi connectivity index (χ1) is 12.6. The van der Waals surface area contributed by atoms with Gasteiger partial charge in [0.1, 0.15) is 0 Å². The Morgan fingerprint density at radius 3 is 2.26 bits per heavy atom. The molecular formula is C18H22BrN3O3S2. The van der Waals surface area contributed by atoms with E-state index in [1.54, 1.807) is 6.07 Å². The molecule has 6 nitrogen and oxygen atoms in total. The molecule has 0 aromatic heterocycles. The zero-order chi connectivity index (χ0) is 20.2. The zero-order valence-corrected chi connectivity index (χ0v) is 18.8. The summed E-state index contributed by atoms with van der Waals surface area (Å²) in [5.74, 6) is 0.0181. The second-order valence-electron chi connectivity index (χ2n) is 6.15. The van der Waals surface area contributed by atoms with E-state index in [9.17, 15) is 13.2 Å². The molecule has 0 fully saturated rings. The molecule has 1 amide bonds. The van der Waals surface area contributed by atoms with Gasteiger partial charge in [0.2, 0.25) is 15.9 Å². The number of carbonyl (C=O) groups is 1. The number of sulfonamides is 1. The van der Waals surface area contributed by atoms with Crippen LogP contribution in [-0.4, -0.2) is 52.6 Å². The van der Waals surface area contributed by atoms with Crippen molar-refractivity contribution in [2.45, 2.75) is 9.79 Å². The molecule has 9 heteroatoms. The van der Waals surface area contributed by atoms with Gasteiger partial charge in [0, 0.05) is 37.6 Å². The summed E-state index contributed by atoms with van der Waals surface area (Å²) in [6, 6.07) is 12.4. The number of anilines is 2. The van der Waals surface area contributed by atoms with E-state index < -0.39 is 10.0 Å². The van der Waals surface area contributed by atoms with Crippen molar-refractivity contribution < 1.29 is 13.2 Å². The molecule has 0 bridgehead atoms. The first-order valence-electron chi connectivity index (χ1n) is 8.03. The Bertz CT molecular complexity index is 914. The Labute approximate surface area is 173 Å². The predicted octanol–water partition coefficient (Wildman–Crippen LogP) is 3.50. The summed E-state index contributed by atoms with van der Waals surface area (Å²) in [7, 11) is 3.04. The highest BCUT2D eigenvalue weighted by Gasteiger charge is 2.20. The molecule has 0 spiro atoms.